The number of rotatable bonds is 5. The van der Waals surface area contributed by atoms with E-state index in [1.54, 1.807) is 4.90 Å². The smallest absolute Gasteiger partial charge is 0.319 e. The van der Waals surface area contributed by atoms with Crippen LogP contribution in [0.2, 0.25) is 0 Å². The number of nitrogens with zero attached hydrogens (tertiary/aromatic N) is 1. The molecule has 7 heteroatoms. The van der Waals surface area contributed by atoms with Crippen LogP contribution in [0.25, 0.3) is 0 Å². The first-order chi connectivity index (χ1) is 11.3. The van der Waals surface area contributed by atoms with Crippen LogP contribution in [0.5, 0.6) is 0 Å². The number of carbonyl (C=O) groups excluding carboxylic acids is 2. The molecule has 1 aromatic rings. The Morgan fingerprint density at radius 3 is 2.62 bits per heavy atom. The van der Waals surface area contributed by atoms with Crippen molar-refractivity contribution in [1.29, 1.82) is 0 Å². The second-order valence-electron chi connectivity index (χ2n) is 6.61. The standard InChI is InChI=1S/C17H25FN4O2/c1-11(2)9-15(19)16(23)22-8-7-14(10-22)21-17(24)20-13-5-3-12(18)4-6-13/h3-6,11,14-15H,7-10,19H2,1-2H3,(H2,20,21,24)/t14?,15-/m0/s1. The number of anilines is 1. The molecule has 0 aromatic heterocycles. The highest BCUT2D eigenvalue weighted by Gasteiger charge is 2.30. The summed E-state index contributed by atoms with van der Waals surface area (Å²) in [4.78, 5) is 25.9. The van der Waals surface area contributed by atoms with E-state index in [9.17, 15) is 14.0 Å². The van der Waals surface area contributed by atoms with Crippen molar-refractivity contribution in [2.45, 2.75) is 38.8 Å². The van der Waals surface area contributed by atoms with Crippen LogP contribution in [0, 0.1) is 11.7 Å². The molecule has 6 nitrogen and oxygen atoms in total. The average molecular weight is 336 g/mol. The number of hydrogen-bond donors (Lipinski definition) is 3. The molecule has 2 rings (SSSR count). The highest BCUT2D eigenvalue weighted by atomic mass is 19.1. The minimum absolute atomic E-state index is 0.0630. The normalized spacial score (nSPS) is 18.5. The van der Waals surface area contributed by atoms with Gasteiger partial charge in [-0.3, -0.25) is 4.79 Å². The number of nitrogens with one attached hydrogen (secondary N) is 2. The molecular weight excluding hydrogens is 311 g/mol. The number of urea groups is 1. The largest absolute Gasteiger partial charge is 0.339 e. The third-order valence-electron chi connectivity index (χ3n) is 3.98. The maximum absolute atomic E-state index is 12.8. The molecule has 132 valence electrons. The Kier molecular flexibility index (Phi) is 6.14. The fourth-order valence-electron chi connectivity index (χ4n) is 2.81. The molecule has 0 saturated carbocycles. The van der Waals surface area contributed by atoms with Crippen LogP contribution in [0.4, 0.5) is 14.9 Å². The van der Waals surface area contributed by atoms with Crippen LogP contribution < -0.4 is 16.4 Å². The molecule has 1 heterocycles. The Bertz CT molecular complexity index is 576. The Morgan fingerprint density at radius 2 is 2.00 bits per heavy atom. The van der Waals surface area contributed by atoms with Crippen molar-refractivity contribution in [3.8, 4) is 0 Å². The second-order valence-corrected chi connectivity index (χ2v) is 6.61. The molecule has 1 saturated heterocycles. The van der Waals surface area contributed by atoms with Crippen LogP contribution in [-0.2, 0) is 4.79 Å². The van der Waals surface area contributed by atoms with Gasteiger partial charge >= 0.3 is 6.03 Å². The molecule has 1 fully saturated rings. The number of carbonyl (C=O) groups is 2. The predicted molar refractivity (Wildman–Crippen MR) is 91.0 cm³/mol. The lowest BCUT2D eigenvalue weighted by Gasteiger charge is -2.22. The van der Waals surface area contributed by atoms with Gasteiger partial charge in [0.25, 0.3) is 0 Å². The lowest BCUT2D eigenvalue weighted by atomic mass is 10.0. The zero-order chi connectivity index (χ0) is 17.7. The Hall–Kier alpha value is -2.15. The maximum Gasteiger partial charge on any atom is 0.319 e. The van der Waals surface area contributed by atoms with Crippen molar-refractivity contribution in [3.05, 3.63) is 30.1 Å². The van der Waals surface area contributed by atoms with E-state index in [0.717, 1.165) is 0 Å². The third kappa shape index (κ3) is 5.19. The predicted octanol–water partition coefficient (Wildman–Crippen LogP) is 1.92. The van der Waals surface area contributed by atoms with Gasteiger partial charge in [-0.2, -0.15) is 0 Å². The fraction of sp³-hybridized carbons (Fsp3) is 0.529. The summed E-state index contributed by atoms with van der Waals surface area (Å²) in [5.41, 5.74) is 6.45. The number of amides is 3. The van der Waals surface area contributed by atoms with Gasteiger partial charge in [0.1, 0.15) is 5.82 Å². The summed E-state index contributed by atoms with van der Waals surface area (Å²) in [5.74, 6) is -0.0578. The Balaban J connectivity index is 1.79. The summed E-state index contributed by atoms with van der Waals surface area (Å²) in [6, 6.07) is 4.57. The van der Waals surface area contributed by atoms with E-state index < -0.39 is 6.04 Å². The van der Waals surface area contributed by atoms with E-state index in [1.807, 2.05) is 13.8 Å². The highest BCUT2D eigenvalue weighted by molar-refractivity contribution is 5.89. The van der Waals surface area contributed by atoms with E-state index in [-0.39, 0.29) is 23.8 Å². The molecule has 0 spiro atoms. The van der Waals surface area contributed by atoms with Gasteiger partial charge in [0, 0.05) is 24.8 Å². The fourth-order valence-corrected chi connectivity index (χ4v) is 2.81. The number of hydrogen-bond acceptors (Lipinski definition) is 3. The highest BCUT2D eigenvalue weighted by Crippen LogP contribution is 2.14. The average Bonchev–Trinajstić information content (AvgIpc) is 2.96. The lowest BCUT2D eigenvalue weighted by molar-refractivity contribution is -0.131. The topological polar surface area (TPSA) is 87.5 Å². The number of likely N-dealkylation sites (tertiary alicyclic amines) is 1. The van der Waals surface area contributed by atoms with Gasteiger partial charge < -0.3 is 21.3 Å². The Labute approximate surface area is 141 Å². The van der Waals surface area contributed by atoms with Crippen LogP contribution in [0.1, 0.15) is 26.7 Å². The first-order valence-corrected chi connectivity index (χ1v) is 8.22. The molecule has 0 aliphatic carbocycles. The quantitative estimate of drug-likeness (QED) is 0.768. The summed E-state index contributed by atoms with van der Waals surface area (Å²) in [6.45, 7) is 5.11. The zero-order valence-electron chi connectivity index (χ0n) is 14.1. The van der Waals surface area contributed by atoms with Gasteiger partial charge in [-0.05, 0) is 43.0 Å². The summed E-state index contributed by atoms with van der Waals surface area (Å²) in [6.07, 6.45) is 1.34. The van der Waals surface area contributed by atoms with Crippen molar-refractivity contribution < 1.29 is 14.0 Å². The third-order valence-corrected chi connectivity index (χ3v) is 3.98. The van der Waals surface area contributed by atoms with E-state index >= 15 is 0 Å². The molecule has 2 atom stereocenters. The first kappa shape index (κ1) is 18.2. The first-order valence-electron chi connectivity index (χ1n) is 8.22. The van der Waals surface area contributed by atoms with Crippen LogP contribution in [-0.4, -0.2) is 42.0 Å². The number of benzene rings is 1. The minimum atomic E-state index is -0.489. The molecular formula is C17H25FN4O2. The minimum Gasteiger partial charge on any atom is -0.339 e. The lowest BCUT2D eigenvalue weighted by Crippen LogP contribution is -2.45. The van der Waals surface area contributed by atoms with Crippen LogP contribution in [0.3, 0.4) is 0 Å². The summed E-state index contributed by atoms with van der Waals surface area (Å²) in [5, 5.41) is 5.47. The van der Waals surface area contributed by atoms with Crippen molar-refractivity contribution in [2.24, 2.45) is 11.7 Å². The van der Waals surface area contributed by atoms with Gasteiger partial charge in [0.2, 0.25) is 5.91 Å². The monoisotopic (exact) mass is 336 g/mol. The van der Waals surface area contributed by atoms with E-state index in [2.05, 4.69) is 10.6 Å². The number of nitrogens with two attached hydrogens (primary N) is 1. The molecule has 1 aliphatic rings. The summed E-state index contributed by atoms with van der Waals surface area (Å²) in [7, 11) is 0. The van der Waals surface area contributed by atoms with Crippen LogP contribution in [0.15, 0.2) is 24.3 Å². The molecule has 1 aliphatic heterocycles. The van der Waals surface area contributed by atoms with E-state index in [4.69, 9.17) is 5.73 Å². The van der Waals surface area contributed by atoms with Gasteiger partial charge in [-0.15, -0.1) is 0 Å². The molecule has 1 unspecified atom stereocenters. The van der Waals surface area contributed by atoms with Crippen molar-refractivity contribution in [1.82, 2.24) is 10.2 Å². The maximum atomic E-state index is 12.8. The Morgan fingerprint density at radius 1 is 1.33 bits per heavy atom. The van der Waals surface area contributed by atoms with E-state index in [1.165, 1.54) is 24.3 Å². The molecule has 4 N–H and O–H groups in total. The van der Waals surface area contributed by atoms with Crippen molar-refractivity contribution in [3.63, 3.8) is 0 Å². The summed E-state index contributed by atoms with van der Waals surface area (Å²) < 4.78 is 12.8. The number of halogens is 1. The van der Waals surface area contributed by atoms with Gasteiger partial charge in [0.05, 0.1) is 6.04 Å². The SMILES string of the molecule is CC(C)C[C@H](N)C(=O)N1CCC(NC(=O)Nc2ccc(F)cc2)C1. The van der Waals surface area contributed by atoms with E-state index in [0.29, 0.717) is 37.5 Å². The molecule has 0 radical (unpaired) electrons. The van der Waals surface area contributed by atoms with Gasteiger partial charge in [-0.25, -0.2) is 9.18 Å². The summed E-state index contributed by atoms with van der Waals surface area (Å²) >= 11 is 0. The van der Waals surface area contributed by atoms with Crippen molar-refractivity contribution in [2.75, 3.05) is 18.4 Å². The molecule has 24 heavy (non-hydrogen) atoms. The van der Waals surface area contributed by atoms with Crippen LogP contribution >= 0.6 is 0 Å². The van der Waals surface area contributed by atoms with Gasteiger partial charge in [-0.1, -0.05) is 13.8 Å². The molecule has 3 amide bonds. The molecule has 1 aromatic carbocycles. The van der Waals surface area contributed by atoms with Gasteiger partial charge in [0.15, 0.2) is 0 Å². The zero-order valence-corrected chi connectivity index (χ0v) is 14.1. The van der Waals surface area contributed by atoms with Crippen molar-refractivity contribution >= 4 is 17.6 Å². The second kappa shape index (κ2) is 8.10. The molecule has 0 bridgehead atoms.